The molecule has 0 aliphatic rings. The Balaban J connectivity index is 2.17. The number of aromatic nitrogens is 3. The van der Waals surface area contributed by atoms with Crippen molar-refractivity contribution in [2.24, 2.45) is 7.05 Å². The van der Waals surface area contributed by atoms with Gasteiger partial charge < -0.3 is 9.88 Å². The number of rotatable bonds is 4. The van der Waals surface area contributed by atoms with Crippen LogP contribution in [-0.4, -0.2) is 20.3 Å². The van der Waals surface area contributed by atoms with Crippen LogP contribution in [0.1, 0.15) is 41.6 Å². The highest BCUT2D eigenvalue weighted by molar-refractivity contribution is 9.10. The molecule has 0 fully saturated rings. The van der Waals surface area contributed by atoms with Gasteiger partial charge >= 0.3 is 0 Å². The van der Waals surface area contributed by atoms with Crippen LogP contribution in [-0.2, 0) is 13.6 Å². The van der Waals surface area contributed by atoms with Gasteiger partial charge in [0.15, 0.2) is 0 Å². The van der Waals surface area contributed by atoms with E-state index in [4.69, 9.17) is 0 Å². The van der Waals surface area contributed by atoms with Gasteiger partial charge in [-0.05, 0) is 42.8 Å². The van der Waals surface area contributed by atoms with Crippen LogP contribution in [0.3, 0.4) is 0 Å². The van der Waals surface area contributed by atoms with Crippen LogP contribution in [0, 0.1) is 6.92 Å². The largest absolute Gasteiger partial charge is 0.344 e. The second-order valence-corrected chi connectivity index (χ2v) is 5.75. The summed E-state index contributed by atoms with van der Waals surface area (Å²) in [7, 11) is 1.90. The minimum Gasteiger partial charge on any atom is -0.344 e. The number of nitrogens with one attached hydrogen (secondary N) is 1. The minimum atomic E-state index is -0.0756. The predicted octanol–water partition coefficient (Wildman–Crippen LogP) is 2.80. The lowest BCUT2D eigenvalue weighted by Crippen LogP contribution is -2.28. The third-order valence-electron chi connectivity index (χ3n) is 3.52. The van der Waals surface area contributed by atoms with Gasteiger partial charge in [0.2, 0.25) is 0 Å². The van der Waals surface area contributed by atoms with E-state index in [0.29, 0.717) is 5.69 Å². The summed E-state index contributed by atoms with van der Waals surface area (Å²) >= 11 is 3.40. The average Bonchev–Trinajstić information content (AvgIpc) is 2.94. The molecule has 108 valence electrons. The normalized spacial score (nSPS) is 12.4. The van der Waals surface area contributed by atoms with E-state index in [9.17, 15) is 4.79 Å². The van der Waals surface area contributed by atoms with Gasteiger partial charge in [0.1, 0.15) is 5.69 Å². The summed E-state index contributed by atoms with van der Waals surface area (Å²) in [5.41, 5.74) is 2.76. The topological polar surface area (TPSA) is 51.9 Å². The predicted molar refractivity (Wildman–Crippen MR) is 81.6 cm³/mol. The molecule has 0 aliphatic carbocycles. The van der Waals surface area contributed by atoms with E-state index in [2.05, 4.69) is 26.3 Å². The summed E-state index contributed by atoms with van der Waals surface area (Å²) in [4.78, 5) is 12.4. The van der Waals surface area contributed by atoms with E-state index < -0.39 is 0 Å². The minimum absolute atomic E-state index is 0.0739. The van der Waals surface area contributed by atoms with Crippen molar-refractivity contribution < 1.29 is 4.79 Å². The fraction of sp³-hybridized carbons (Fsp3) is 0.429. The number of carbonyl (C=O) groups excluding carboxylic acids is 1. The molecule has 1 unspecified atom stereocenters. The van der Waals surface area contributed by atoms with Gasteiger partial charge in [-0.15, -0.1) is 0 Å². The van der Waals surface area contributed by atoms with Gasteiger partial charge in [-0.2, -0.15) is 5.10 Å². The van der Waals surface area contributed by atoms with Crippen molar-refractivity contribution in [3.63, 3.8) is 0 Å². The number of carbonyl (C=O) groups is 1. The summed E-state index contributed by atoms with van der Waals surface area (Å²) in [6.45, 7) is 6.74. The second kappa shape index (κ2) is 5.83. The standard InChI is InChI=1S/C14H19BrN4O/c1-5-19-8-11(15)6-13(19)14(20)17-9(2)12-7-16-18(4)10(12)3/h6-9H,5H2,1-4H3,(H,17,20). The summed E-state index contributed by atoms with van der Waals surface area (Å²) in [6.07, 6.45) is 3.71. The highest BCUT2D eigenvalue weighted by atomic mass is 79.9. The third kappa shape index (κ3) is 2.80. The average molecular weight is 339 g/mol. The zero-order valence-corrected chi connectivity index (χ0v) is 13.7. The Morgan fingerprint density at radius 3 is 2.80 bits per heavy atom. The van der Waals surface area contributed by atoms with Crippen molar-refractivity contribution in [3.05, 3.63) is 39.9 Å². The number of hydrogen-bond donors (Lipinski definition) is 1. The smallest absolute Gasteiger partial charge is 0.268 e. The van der Waals surface area contributed by atoms with Crippen molar-refractivity contribution in [2.45, 2.75) is 33.4 Å². The molecule has 20 heavy (non-hydrogen) atoms. The van der Waals surface area contributed by atoms with Gasteiger partial charge in [-0.1, -0.05) is 0 Å². The molecule has 2 rings (SSSR count). The van der Waals surface area contributed by atoms with Crippen molar-refractivity contribution in [2.75, 3.05) is 0 Å². The van der Waals surface area contributed by atoms with Crippen molar-refractivity contribution in [1.29, 1.82) is 0 Å². The van der Waals surface area contributed by atoms with E-state index in [1.54, 1.807) is 6.20 Å². The van der Waals surface area contributed by atoms with Crippen LogP contribution in [0.15, 0.2) is 22.9 Å². The maximum Gasteiger partial charge on any atom is 0.268 e. The maximum atomic E-state index is 12.4. The summed E-state index contributed by atoms with van der Waals surface area (Å²) in [5.74, 6) is -0.0756. The first-order chi connectivity index (χ1) is 9.43. The highest BCUT2D eigenvalue weighted by Crippen LogP contribution is 2.19. The van der Waals surface area contributed by atoms with Gasteiger partial charge in [0, 0.05) is 35.5 Å². The molecule has 1 amide bonds. The zero-order valence-electron chi connectivity index (χ0n) is 12.1. The van der Waals surface area contributed by atoms with Crippen LogP contribution >= 0.6 is 15.9 Å². The molecule has 0 spiro atoms. The lowest BCUT2D eigenvalue weighted by Gasteiger charge is -2.14. The Kier molecular flexibility index (Phi) is 4.32. The molecule has 2 heterocycles. The molecule has 1 N–H and O–H groups in total. The van der Waals surface area contributed by atoms with Crippen molar-refractivity contribution in [1.82, 2.24) is 19.7 Å². The molecule has 5 nitrogen and oxygen atoms in total. The molecule has 0 bridgehead atoms. The fourth-order valence-corrected chi connectivity index (χ4v) is 2.68. The van der Waals surface area contributed by atoms with Gasteiger partial charge in [-0.25, -0.2) is 0 Å². The van der Waals surface area contributed by atoms with E-state index in [-0.39, 0.29) is 11.9 Å². The molecular weight excluding hydrogens is 320 g/mol. The van der Waals surface area contributed by atoms with Crippen LogP contribution in [0.2, 0.25) is 0 Å². The second-order valence-electron chi connectivity index (χ2n) is 4.83. The van der Waals surface area contributed by atoms with E-state index in [1.165, 1.54) is 0 Å². The summed E-state index contributed by atoms with van der Waals surface area (Å²) in [5, 5.41) is 7.23. The van der Waals surface area contributed by atoms with Crippen LogP contribution in [0.4, 0.5) is 0 Å². The van der Waals surface area contributed by atoms with E-state index in [1.807, 2.05) is 49.3 Å². The van der Waals surface area contributed by atoms with Crippen molar-refractivity contribution in [3.8, 4) is 0 Å². The van der Waals surface area contributed by atoms with E-state index in [0.717, 1.165) is 22.3 Å². The molecule has 0 saturated heterocycles. The molecule has 0 saturated carbocycles. The Morgan fingerprint density at radius 2 is 2.25 bits per heavy atom. The number of aryl methyl sites for hydroxylation is 2. The lowest BCUT2D eigenvalue weighted by atomic mass is 10.1. The molecule has 6 heteroatoms. The van der Waals surface area contributed by atoms with E-state index >= 15 is 0 Å². The summed E-state index contributed by atoms with van der Waals surface area (Å²) in [6, 6.07) is 1.76. The summed E-state index contributed by atoms with van der Waals surface area (Å²) < 4.78 is 4.64. The van der Waals surface area contributed by atoms with Crippen molar-refractivity contribution >= 4 is 21.8 Å². The lowest BCUT2D eigenvalue weighted by molar-refractivity contribution is 0.0930. The molecule has 1 atom stereocenters. The monoisotopic (exact) mass is 338 g/mol. The number of amides is 1. The SMILES string of the molecule is CCn1cc(Br)cc1C(=O)NC(C)c1cnn(C)c1C. The Hall–Kier alpha value is -1.56. The fourth-order valence-electron chi connectivity index (χ4n) is 2.22. The first-order valence-electron chi connectivity index (χ1n) is 6.59. The first-order valence-corrected chi connectivity index (χ1v) is 7.38. The molecule has 0 aliphatic heterocycles. The third-order valence-corrected chi connectivity index (χ3v) is 3.96. The Labute approximate surface area is 127 Å². The van der Waals surface area contributed by atoms with Gasteiger partial charge in [0.05, 0.1) is 12.2 Å². The quantitative estimate of drug-likeness (QED) is 0.931. The molecule has 2 aromatic rings. The van der Waals surface area contributed by atoms with Gasteiger partial charge in [0.25, 0.3) is 5.91 Å². The Morgan fingerprint density at radius 1 is 1.55 bits per heavy atom. The number of nitrogens with zero attached hydrogens (tertiary/aromatic N) is 3. The number of hydrogen-bond acceptors (Lipinski definition) is 2. The number of halogens is 1. The first kappa shape index (κ1) is 14.8. The van der Waals surface area contributed by atoms with Gasteiger partial charge in [-0.3, -0.25) is 9.48 Å². The van der Waals surface area contributed by atoms with Crippen LogP contribution in [0.5, 0.6) is 0 Å². The maximum absolute atomic E-state index is 12.4. The molecule has 2 aromatic heterocycles. The van der Waals surface area contributed by atoms with Crippen LogP contribution < -0.4 is 5.32 Å². The Bertz CT molecular complexity index is 629. The zero-order chi connectivity index (χ0) is 14.9. The molecular formula is C14H19BrN4O. The molecule has 0 aromatic carbocycles. The highest BCUT2D eigenvalue weighted by Gasteiger charge is 2.18. The molecule has 0 radical (unpaired) electrons. The van der Waals surface area contributed by atoms with Crippen LogP contribution in [0.25, 0.3) is 0 Å².